The van der Waals surface area contributed by atoms with Crippen LogP contribution in [0.1, 0.15) is 22.9 Å². The average molecular weight is 380 g/mol. The molecule has 0 spiro atoms. The number of nitrogens with two attached hydrogens (primary N) is 1. The summed E-state index contributed by atoms with van der Waals surface area (Å²) in [4.78, 5) is 15.4. The van der Waals surface area contributed by atoms with E-state index in [1.807, 2.05) is 35.0 Å². The zero-order valence-electron chi connectivity index (χ0n) is 14.2. The first-order chi connectivity index (χ1) is 12.0. The van der Waals surface area contributed by atoms with Gasteiger partial charge in [0.1, 0.15) is 6.04 Å². The lowest BCUT2D eigenvalue weighted by atomic mass is 10.1. The van der Waals surface area contributed by atoms with Crippen molar-refractivity contribution in [1.82, 2.24) is 4.90 Å². The van der Waals surface area contributed by atoms with Crippen LogP contribution in [-0.2, 0) is 14.6 Å². The summed E-state index contributed by atoms with van der Waals surface area (Å²) < 4.78 is 23.3. The highest BCUT2D eigenvalue weighted by Crippen LogP contribution is 2.22. The molecule has 1 saturated heterocycles. The minimum atomic E-state index is -2.99. The summed E-state index contributed by atoms with van der Waals surface area (Å²) in [5, 5.41) is 4.07. The van der Waals surface area contributed by atoms with Gasteiger partial charge in [-0.25, -0.2) is 8.42 Å². The summed E-state index contributed by atoms with van der Waals surface area (Å²) in [5.41, 5.74) is 1.16. The van der Waals surface area contributed by atoms with Crippen molar-refractivity contribution in [3.8, 4) is 0 Å². The number of amides is 1. The van der Waals surface area contributed by atoms with Gasteiger partial charge in [-0.3, -0.25) is 4.79 Å². The maximum atomic E-state index is 12.5. The van der Waals surface area contributed by atoms with Gasteiger partial charge in [0.2, 0.25) is 0 Å². The van der Waals surface area contributed by atoms with Crippen LogP contribution >= 0.6 is 11.3 Å². The largest absolute Gasteiger partial charge is 0.337 e. The summed E-state index contributed by atoms with van der Waals surface area (Å²) in [6, 6.07) is 14.1. The van der Waals surface area contributed by atoms with Crippen molar-refractivity contribution in [1.29, 1.82) is 0 Å². The smallest absolute Gasteiger partial charge is 0.277 e. The lowest BCUT2D eigenvalue weighted by molar-refractivity contribution is -0.676. The molecule has 0 saturated carbocycles. The number of carbonyl (C=O) groups excluding carboxylic acids is 1. The van der Waals surface area contributed by atoms with Crippen LogP contribution in [0.25, 0.3) is 0 Å². The third kappa shape index (κ3) is 4.48. The highest BCUT2D eigenvalue weighted by atomic mass is 32.2. The van der Waals surface area contributed by atoms with Crippen molar-refractivity contribution in [2.24, 2.45) is 0 Å². The van der Waals surface area contributed by atoms with E-state index in [1.54, 1.807) is 23.3 Å². The van der Waals surface area contributed by atoms with Gasteiger partial charge in [-0.05, 0) is 17.9 Å². The molecule has 1 aromatic carbocycles. The molecule has 0 radical (unpaired) electrons. The van der Waals surface area contributed by atoms with E-state index < -0.39 is 9.84 Å². The van der Waals surface area contributed by atoms with Crippen molar-refractivity contribution < 1.29 is 18.5 Å². The van der Waals surface area contributed by atoms with Crippen molar-refractivity contribution in [2.75, 3.05) is 25.1 Å². The minimum Gasteiger partial charge on any atom is -0.337 e. The number of thiophene rings is 1. The molecule has 25 heavy (non-hydrogen) atoms. The molecule has 5 nitrogen and oxygen atoms in total. The number of hydrogen-bond donors (Lipinski definition) is 1. The zero-order valence-corrected chi connectivity index (χ0v) is 15.8. The molecule has 1 aliphatic rings. The second kappa shape index (κ2) is 7.68. The molecular weight excluding hydrogens is 356 g/mol. The molecule has 1 aliphatic heterocycles. The lowest BCUT2D eigenvalue weighted by Crippen LogP contribution is -2.87. The monoisotopic (exact) mass is 379 g/mol. The Morgan fingerprint density at radius 3 is 2.64 bits per heavy atom. The van der Waals surface area contributed by atoms with Crippen LogP contribution in [0.15, 0.2) is 47.8 Å². The Bertz CT molecular complexity index is 804. The molecule has 7 heteroatoms. The fourth-order valence-electron chi connectivity index (χ4n) is 3.19. The van der Waals surface area contributed by atoms with Crippen LogP contribution in [-0.4, -0.2) is 50.4 Å². The summed E-state index contributed by atoms with van der Waals surface area (Å²) >= 11 is 1.68. The minimum absolute atomic E-state index is 0.0282. The number of nitrogens with zero attached hydrogens (tertiary/aromatic N) is 1. The zero-order chi connectivity index (χ0) is 17.9. The Hall–Kier alpha value is -1.70. The summed E-state index contributed by atoms with van der Waals surface area (Å²) in [5.74, 6) is 0.239. The van der Waals surface area contributed by atoms with Gasteiger partial charge >= 0.3 is 0 Å². The van der Waals surface area contributed by atoms with Gasteiger partial charge in [0.15, 0.2) is 16.4 Å². The number of likely N-dealkylation sites (N-methyl/N-ethyl adjacent to an activating group) is 1. The number of carbonyl (C=O) groups is 1. The molecule has 2 atom stereocenters. The molecule has 2 heterocycles. The normalized spacial score (nSPS) is 20.3. The molecule has 2 aromatic rings. The number of sulfone groups is 1. The van der Waals surface area contributed by atoms with E-state index in [-0.39, 0.29) is 29.5 Å². The van der Waals surface area contributed by atoms with Gasteiger partial charge in [0.25, 0.3) is 5.91 Å². The molecule has 0 aliphatic carbocycles. The van der Waals surface area contributed by atoms with Crippen LogP contribution in [0.3, 0.4) is 0 Å². The molecular formula is C18H23N2O3S2+. The maximum Gasteiger partial charge on any atom is 0.277 e. The second-order valence-corrected chi connectivity index (χ2v) is 9.61. The second-order valence-electron chi connectivity index (χ2n) is 6.41. The van der Waals surface area contributed by atoms with E-state index in [1.165, 1.54) is 4.88 Å². The van der Waals surface area contributed by atoms with Crippen LogP contribution in [0.2, 0.25) is 0 Å². The Morgan fingerprint density at radius 1 is 1.28 bits per heavy atom. The Labute approximate surface area is 152 Å². The Morgan fingerprint density at radius 2 is 2.04 bits per heavy atom. The molecule has 1 amide bonds. The maximum absolute atomic E-state index is 12.5. The number of hydrogen-bond acceptors (Lipinski definition) is 4. The van der Waals surface area contributed by atoms with E-state index in [0.29, 0.717) is 13.0 Å². The van der Waals surface area contributed by atoms with Gasteiger partial charge < -0.3 is 10.2 Å². The van der Waals surface area contributed by atoms with Crippen LogP contribution in [0.4, 0.5) is 0 Å². The van der Waals surface area contributed by atoms with Gasteiger partial charge in [-0.15, -0.1) is 11.3 Å². The van der Waals surface area contributed by atoms with Crippen molar-refractivity contribution in [3.63, 3.8) is 0 Å². The van der Waals surface area contributed by atoms with Crippen molar-refractivity contribution in [3.05, 3.63) is 58.3 Å². The van der Waals surface area contributed by atoms with Gasteiger partial charge in [0, 0.05) is 18.7 Å². The first kappa shape index (κ1) is 18.1. The highest BCUT2D eigenvalue weighted by molar-refractivity contribution is 7.91. The standard InChI is InChI=1S/C18H22N2O3S2/c1-20(15-9-11-25(22,23)13-15)17(21)12-19-18(16-8-5-10-24-16)14-6-3-2-4-7-14/h2-8,10,15,18-19H,9,11-13H2,1H3/p+1/t15-,18+/m0/s1. The van der Waals surface area contributed by atoms with Crippen molar-refractivity contribution >= 4 is 27.1 Å². The van der Waals surface area contributed by atoms with E-state index in [9.17, 15) is 13.2 Å². The quantitative estimate of drug-likeness (QED) is 0.815. The summed E-state index contributed by atoms with van der Waals surface area (Å²) in [6.45, 7) is 0.296. The molecule has 1 fully saturated rings. The summed E-state index contributed by atoms with van der Waals surface area (Å²) in [6.07, 6.45) is 0.539. The molecule has 0 bridgehead atoms. The third-order valence-corrected chi connectivity index (χ3v) is 7.39. The fraction of sp³-hybridized carbons (Fsp3) is 0.389. The highest BCUT2D eigenvalue weighted by Gasteiger charge is 2.33. The van der Waals surface area contributed by atoms with Crippen LogP contribution in [0, 0.1) is 0 Å². The molecule has 2 N–H and O–H groups in total. The van der Waals surface area contributed by atoms with E-state index >= 15 is 0 Å². The van der Waals surface area contributed by atoms with Crippen LogP contribution < -0.4 is 5.32 Å². The van der Waals surface area contributed by atoms with Crippen LogP contribution in [0.5, 0.6) is 0 Å². The van der Waals surface area contributed by atoms with Gasteiger partial charge in [0.05, 0.1) is 16.4 Å². The molecule has 0 unspecified atom stereocenters. The SMILES string of the molecule is CN(C(=O)C[NH2+][C@H](c1ccccc1)c1cccs1)[C@H]1CCS(=O)(=O)C1. The predicted octanol–water partition coefficient (Wildman–Crippen LogP) is 1.05. The van der Waals surface area contributed by atoms with Gasteiger partial charge in [-0.1, -0.05) is 36.4 Å². The predicted molar refractivity (Wildman–Crippen MR) is 99.2 cm³/mol. The Kier molecular flexibility index (Phi) is 5.56. The van der Waals surface area contributed by atoms with Gasteiger partial charge in [-0.2, -0.15) is 0 Å². The number of rotatable bonds is 6. The number of quaternary nitrogens is 1. The van der Waals surface area contributed by atoms with E-state index in [2.05, 4.69) is 18.2 Å². The van der Waals surface area contributed by atoms with Crippen molar-refractivity contribution in [2.45, 2.75) is 18.5 Å². The lowest BCUT2D eigenvalue weighted by Gasteiger charge is -2.23. The number of benzene rings is 1. The van der Waals surface area contributed by atoms with E-state index in [0.717, 1.165) is 5.56 Å². The third-order valence-electron chi connectivity index (χ3n) is 4.69. The molecule has 134 valence electrons. The topological polar surface area (TPSA) is 71.1 Å². The first-order valence-corrected chi connectivity index (χ1v) is 11.0. The fourth-order valence-corrected chi connectivity index (χ4v) is 5.82. The first-order valence-electron chi connectivity index (χ1n) is 8.34. The molecule has 3 rings (SSSR count). The molecule has 1 aromatic heterocycles. The average Bonchev–Trinajstić information content (AvgIpc) is 3.25. The summed E-state index contributed by atoms with van der Waals surface area (Å²) in [7, 11) is -1.27. The Balaban J connectivity index is 1.66. The van der Waals surface area contributed by atoms with E-state index in [4.69, 9.17) is 0 Å².